The van der Waals surface area contributed by atoms with Crippen molar-refractivity contribution >= 4 is 15.7 Å². The van der Waals surface area contributed by atoms with E-state index < -0.39 is 33.5 Å². The first-order chi connectivity index (χ1) is 11.1. The van der Waals surface area contributed by atoms with Crippen LogP contribution < -0.4 is 0 Å². The van der Waals surface area contributed by atoms with Crippen LogP contribution in [-0.2, 0) is 20.8 Å². The van der Waals surface area contributed by atoms with Crippen molar-refractivity contribution in [1.82, 2.24) is 4.90 Å². The molecule has 1 aliphatic heterocycles. The van der Waals surface area contributed by atoms with Crippen molar-refractivity contribution < 1.29 is 31.1 Å². The Labute approximate surface area is 138 Å². The van der Waals surface area contributed by atoms with Gasteiger partial charge in [-0.3, -0.25) is 4.79 Å². The number of hydrogen-bond donors (Lipinski definition) is 0. The Hall–Kier alpha value is -1.61. The highest BCUT2D eigenvalue weighted by Crippen LogP contribution is 2.30. The third-order valence-corrected chi connectivity index (χ3v) is 5.63. The molecule has 1 aromatic rings. The molecule has 1 atom stereocenters. The maximum atomic E-state index is 12.8. The number of carbonyl (C=O) groups is 1. The van der Waals surface area contributed by atoms with Gasteiger partial charge in [-0.25, -0.2) is 8.42 Å². The van der Waals surface area contributed by atoms with E-state index in [1.54, 1.807) is 0 Å². The fraction of sp³-hybridized carbons (Fsp3) is 0.533. The van der Waals surface area contributed by atoms with Gasteiger partial charge in [-0.05, 0) is 24.6 Å². The van der Waals surface area contributed by atoms with E-state index in [2.05, 4.69) is 0 Å². The summed E-state index contributed by atoms with van der Waals surface area (Å²) in [5.74, 6) is -0.835. The van der Waals surface area contributed by atoms with Crippen molar-refractivity contribution in [2.45, 2.75) is 18.6 Å². The molecule has 0 spiro atoms. The lowest BCUT2D eigenvalue weighted by molar-refractivity contribution is -0.137. The number of carbonyl (C=O) groups excluding carboxylic acids is 1. The van der Waals surface area contributed by atoms with Crippen molar-refractivity contribution in [3.63, 3.8) is 0 Å². The lowest BCUT2D eigenvalue weighted by atomic mass is 10.1. The fourth-order valence-electron chi connectivity index (χ4n) is 2.66. The average molecular weight is 365 g/mol. The summed E-state index contributed by atoms with van der Waals surface area (Å²) in [7, 11) is -1.80. The average Bonchev–Trinajstić information content (AvgIpc) is 2.86. The van der Waals surface area contributed by atoms with Crippen LogP contribution in [0.2, 0.25) is 0 Å². The van der Waals surface area contributed by atoms with Gasteiger partial charge in [0, 0.05) is 25.3 Å². The first-order valence-electron chi connectivity index (χ1n) is 7.31. The zero-order valence-corrected chi connectivity index (χ0v) is 13.9. The molecule has 0 aliphatic carbocycles. The zero-order chi connectivity index (χ0) is 18.0. The zero-order valence-electron chi connectivity index (χ0n) is 13.0. The summed E-state index contributed by atoms with van der Waals surface area (Å²) in [5.41, 5.74) is -1.04. The van der Waals surface area contributed by atoms with Crippen LogP contribution in [0.3, 0.4) is 0 Å². The monoisotopic (exact) mass is 365 g/mol. The molecule has 0 bridgehead atoms. The van der Waals surface area contributed by atoms with Crippen LogP contribution in [0.4, 0.5) is 13.2 Å². The van der Waals surface area contributed by atoms with E-state index in [-0.39, 0.29) is 36.6 Å². The van der Waals surface area contributed by atoms with E-state index in [0.29, 0.717) is 0 Å². The third-order valence-electron chi connectivity index (χ3n) is 3.88. The minimum Gasteiger partial charge on any atom is -0.383 e. The molecule has 1 aromatic carbocycles. The molecule has 24 heavy (non-hydrogen) atoms. The standard InChI is InChI=1S/C15H18F3NO4S/c1-23-7-6-19(13-5-8-24(21,22)10-13)14(20)11-3-2-4-12(9-11)15(16,17)18/h2-4,9,13H,5-8,10H2,1H3. The van der Waals surface area contributed by atoms with Gasteiger partial charge in [0.05, 0.1) is 23.7 Å². The van der Waals surface area contributed by atoms with E-state index in [1.165, 1.54) is 18.1 Å². The number of amides is 1. The first-order valence-corrected chi connectivity index (χ1v) is 9.14. The molecule has 0 N–H and O–H groups in total. The summed E-state index contributed by atoms with van der Waals surface area (Å²) >= 11 is 0. The largest absolute Gasteiger partial charge is 0.416 e. The van der Waals surface area contributed by atoms with E-state index in [9.17, 15) is 26.4 Å². The maximum absolute atomic E-state index is 12.8. The van der Waals surface area contributed by atoms with Crippen LogP contribution in [0.25, 0.3) is 0 Å². The number of rotatable bonds is 5. The van der Waals surface area contributed by atoms with E-state index in [0.717, 1.165) is 18.2 Å². The Balaban J connectivity index is 2.28. The third kappa shape index (κ3) is 4.47. The highest BCUT2D eigenvalue weighted by molar-refractivity contribution is 7.91. The molecule has 1 fully saturated rings. The van der Waals surface area contributed by atoms with Gasteiger partial charge in [0.2, 0.25) is 0 Å². The van der Waals surface area contributed by atoms with E-state index >= 15 is 0 Å². The van der Waals surface area contributed by atoms with Crippen molar-refractivity contribution in [2.75, 3.05) is 31.8 Å². The molecule has 9 heteroatoms. The topological polar surface area (TPSA) is 63.7 Å². The number of sulfone groups is 1. The minimum atomic E-state index is -4.55. The van der Waals surface area contributed by atoms with Gasteiger partial charge in [-0.15, -0.1) is 0 Å². The SMILES string of the molecule is COCCN(C(=O)c1cccc(C(F)(F)F)c1)C1CCS(=O)(=O)C1. The molecule has 0 aromatic heterocycles. The Kier molecular flexibility index (Phi) is 5.54. The van der Waals surface area contributed by atoms with Crippen molar-refractivity contribution in [2.24, 2.45) is 0 Å². The van der Waals surface area contributed by atoms with Crippen LogP contribution in [-0.4, -0.2) is 57.0 Å². The summed E-state index contributed by atoms with van der Waals surface area (Å²) in [4.78, 5) is 13.9. The summed E-state index contributed by atoms with van der Waals surface area (Å²) in [6, 6.07) is 3.57. The summed E-state index contributed by atoms with van der Waals surface area (Å²) in [6.07, 6.45) is -4.28. The number of nitrogens with zero attached hydrogens (tertiary/aromatic N) is 1. The second kappa shape index (κ2) is 7.10. The number of benzene rings is 1. The summed E-state index contributed by atoms with van der Waals surface area (Å²) in [6.45, 7) is 0.285. The molecule has 1 saturated heterocycles. The Morgan fingerprint density at radius 3 is 2.62 bits per heavy atom. The van der Waals surface area contributed by atoms with E-state index in [1.807, 2.05) is 0 Å². The van der Waals surface area contributed by atoms with Gasteiger partial charge in [0.25, 0.3) is 5.91 Å². The molecule has 1 heterocycles. The molecule has 1 amide bonds. The molecule has 2 rings (SSSR count). The van der Waals surface area contributed by atoms with Gasteiger partial charge in [-0.1, -0.05) is 6.07 Å². The predicted octanol–water partition coefficient (Wildman–Crippen LogP) is 1.98. The molecule has 0 radical (unpaired) electrons. The Morgan fingerprint density at radius 1 is 1.38 bits per heavy atom. The molecule has 1 unspecified atom stereocenters. The number of ether oxygens (including phenoxy) is 1. The number of methoxy groups -OCH3 is 1. The number of halogens is 3. The molecule has 5 nitrogen and oxygen atoms in total. The van der Waals surface area contributed by atoms with Crippen LogP contribution in [0, 0.1) is 0 Å². The quantitative estimate of drug-likeness (QED) is 0.801. The Morgan fingerprint density at radius 2 is 2.08 bits per heavy atom. The van der Waals surface area contributed by atoms with Crippen LogP contribution in [0.15, 0.2) is 24.3 Å². The second-order valence-electron chi connectivity index (χ2n) is 5.63. The Bertz CT molecular complexity index is 703. The van der Waals surface area contributed by atoms with E-state index in [4.69, 9.17) is 4.74 Å². The van der Waals surface area contributed by atoms with Crippen molar-refractivity contribution in [3.8, 4) is 0 Å². The lowest BCUT2D eigenvalue weighted by Crippen LogP contribution is -2.43. The highest BCUT2D eigenvalue weighted by atomic mass is 32.2. The number of alkyl halides is 3. The maximum Gasteiger partial charge on any atom is 0.416 e. The molecule has 134 valence electrons. The predicted molar refractivity (Wildman–Crippen MR) is 81.4 cm³/mol. The highest BCUT2D eigenvalue weighted by Gasteiger charge is 2.36. The summed E-state index contributed by atoms with van der Waals surface area (Å²) in [5, 5.41) is 0. The molecule has 0 saturated carbocycles. The molecular formula is C15H18F3NO4S. The lowest BCUT2D eigenvalue weighted by Gasteiger charge is -2.28. The fourth-order valence-corrected chi connectivity index (χ4v) is 4.39. The van der Waals surface area contributed by atoms with Gasteiger partial charge < -0.3 is 9.64 Å². The van der Waals surface area contributed by atoms with Gasteiger partial charge in [0.1, 0.15) is 0 Å². The van der Waals surface area contributed by atoms with Crippen LogP contribution >= 0.6 is 0 Å². The normalized spacial score (nSPS) is 20.1. The van der Waals surface area contributed by atoms with Crippen LogP contribution in [0.1, 0.15) is 22.3 Å². The van der Waals surface area contributed by atoms with Crippen LogP contribution in [0.5, 0.6) is 0 Å². The first kappa shape index (κ1) is 18.7. The smallest absolute Gasteiger partial charge is 0.383 e. The van der Waals surface area contributed by atoms with Crippen molar-refractivity contribution in [1.29, 1.82) is 0 Å². The van der Waals surface area contributed by atoms with Gasteiger partial charge >= 0.3 is 6.18 Å². The summed E-state index contributed by atoms with van der Waals surface area (Å²) < 4.78 is 66.7. The van der Waals surface area contributed by atoms with Crippen molar-refractivity contribution in [3.05, 3.63) is 35.4 Å². The molecular weight excluding hydrogens is 347 g/mol. The van der Waals surface area contributed by atoms with Gasteiger partial charge in [0.15, 0.2) is 9.84 Å². The minimum absolute atomic E-state index is 0.0307. The number of hydrogen-bond acceptors (Lipinski definition) is 4. The van der Waals surface area contributed by atoms with Gasteiger partial charge in [-0.2, -0.15) is 13.2 Å². The second-order valence-corrected chi connectivity index (χ2v) is 7.86. The molecule has 1 aliphatic rings.